The summed E-state index contributed by atoms with van der Waals surface area (Å²) >= 11 is 5.90. The Hall–Kier alpha value is -3.60. The predicted molar refractivity (Wildman–Crippen MR) is 104 cm³/mol. The van der Waals surface area contributed by atoms with Gasteiger partial charge in [-0.15, -0.1) is 0 Å². The molecule has 0 radical (unpaired) electrons. The molecule has 0 aliphatic heterocycles. The first-order valence-electron chi connectivity index (χ1n) is 8.61. The topological polar surface area (TPSA) is 102 Å². The molecule has 1 aromatic heterocycles. The molecule has 3 rings (SSSR count). The molecule has 0 atom stereocenters. The van der Waals surface area contributed by atoms with Crippen LogP contribution in [-0.2, 0) is 12.7 Å². The summed E-state index contributed by atoms with van der Waals surface area (Å²) in [6.45, 7) is -0.330. The number of nitrogens with zero attached hydrogens (tertiary/aromatic N) is 2. The molecule has 3 amide bonds. The fourth-order valence-corrected chi connectivity index (χ4v) is 2.84. The van der Waals surface area contributed by atoms with E-state index in [1.165, 1.54) is 18.2 Å². The van der Waals surface area contributed by atoms with Gasteiger partial charge in [-0.1, -0.05) is 17.7 Å². The average molecular weight is 456 g/mol. The van der Waals surface area contributed by atoms with Crippen molar-refractivity contribution < 1.29 is 27.2 Å². The van der Waals surface area contributed by atoms with E-state index in [0.29, 0.717) is 5.02 Å². The van der Waals surface area contributed by atoms with Crippen LogP contribution in [0.1, 0.15) is 21.7 Å². The Balaban J connectivity index is 1.77. The summed E-state index contributed by atoms with van der Waals surface area (Å²) < 4.78 is 54.2. The number of halogens is 5. The van der Waals surface area contributed by atoms with Crippen LogP contribution in [-0.4, -0.2) is 21.7 Å². The maximum atomic E-state index is 13.8. The number of aromatic nitrogens is 2. The Morgan fingerprint density at radius 1 is 1.13 bits per heavy atom. The number of urea groups is 1. The number of alkyl halides is 3. The van der Waals surface area contributed by atoms with Crippen LogP contribution in [0.25, 0.3) is 5.69 Å². The van der Waals surface area contributed by atoms with E-state index in [1.807, 2.05) is 0 Å². The van der Waals surface area contributed by atoms with E-state index in [2.05, 4.69) is 15.7 Å². The minimum atomic E-state index is -4.69. The van der Waals surface area contributed by atoms with Crippen LogP contribution in [0.2, 0.25) is 5.02 Å². The van der Waals surface area contributed by atoms with Gasteiger partial charge in [0.25, 0.3) is 5.91 Å². The van der Waals surface area contributed by atoms with Crippen molar-refractivity contribution in [2.24, 2.45) is 5.73 Å². The van der Waals surface area contributed by atoms with Crippen molar-refractivity contribution in [1.29, 1.82) is 0 Å². The summed E-state index contributed by atoms with van der Waals surface area (Å²) in [5.41, 5.74) is 3.82. The molecule has 1 heterocycles. The molecule has 31 heavy (non-hydrogen) atoms. The van der Waals surface area contributed by atoms with Gasteiger partial charge in [0.1, 0.15) is 5.82 Å². The summed E-state index contributed by atoms with van der Waals surface area (Å²) in [6.07, 6.45) is -4.69. The van der Waals surface area contributed by atoms with E-state index < -0.39 is 29.6 Å². The van der Waals surface area contributed by atoms with E-state index in [9.17, 15) is 27.2 Å². The fourth-order valence-electron chi connectivity index (χ4n) is 2.65. The highest BCUT2D eigenvalue weighted by molar-refractivity contribution is 6.30. The van der Waals surface area contributed by atoms with Gasteiger partial charge >= 0.3 is 12.2 Å². The van der Waals surface area contributed by atoms with Crippen molar-refractivity contribution in [2.75, 3.05) is 5.32 Å². The molecule has 4 N–H and O–H groups in total. The van der Waals surface area contributed by atoms with Gasteiger partial charge in [0, 0.05) is 10.7 Å². The van der Waals surface area contributed by atoms with E-state index in [-0.39, 0.29) is 29.2 Å². The van der Waals surface area contributed by atoms with Gasteiger partial charge in [-0.25, -0.2) is 13.9 Å². The van der Waals surface area contributed by atoms with Gasteiger partial charge in [-0.3, -0.25) is 4.79 Å². The highest BCUT2D eigenvalue weighted by Crippen LogP contribution is 2.30. The lowest BCUT2D eigenvalue weighted by Crippen LogP contribution is -2.29. The summed E-state index contributed by atoms with van der Waals surface area (Å²) in [7, 11) is 0. The van der Waals surface area contributed by atoms with Crippen molar-refractivity contribution in [3.05, 3.63) is 76.3 Å². The first-order valence-corrected chi connectivity index (χ1v) is 8.98. The number of nitrogens with two attached hydrogens (primary N) is 1. The standard InChI is InChI=1S/C19H14ClF4N5O2/c20-10-2-1-3-12(6-10)29-13(8-16(28-29)19(22,23)24)9-26-18(31)27-11-4-5-14(17(25)30)15(21)7-11/h1-8H,9H2,(H2,25,30)(H2,26,27,31). The third kappa shape index (κ3) is 5.31. The zero-order chi connectivity index (χ0) is 22.8. The van der Waals surface area contributed by atoms with E-state index in [1.54, 1.807) is 12.1 Å². The zero-order valence-electron chi connectivity index (χ0n) is 15.5. The molecule has 0 fully saturated rings. The monoisotopic (exact) mass is 455 g/mol. The highest BCUT2D eigenvalue weighted by atomic mass is 35.5. The normalized spacial score (nSPS) is 11.3. The molecule has 0 aliphatic carbocycles. The zero-order valence-corrected chi connectivity index (χ0v) is 16.3. The molecule has 0 aliphatic rings. The number of nitrogens with one attached hydrogen (secondary N) is 2. The largest absolute Gasteiger partial charge is 0.435 e. The Labute approximate surface area is 177 Å². The van der Waals surface area contributed by atoms with E-state index >= 15 is 0 Å². The molecule has 3 aromatic rings. The molecule has 0 saturated carbocycles. The molecule has 0 bridgehead atoms. The fraction of sp³-hybridized carbons (Fsp3) is 0.105. The van der Waals surface area contributed by atoms with Crippen molar-refractivity contribution in [3.63, 3.8) is 0 Å². The summed E-state index contributed by atoms with van der Waals surface area (Å²) in [5, 5.41) is 8.53. The maximum Gasteiger partial charge on any atom is 0.435 e. The second-order valence-electron chi connectivity index (χ2n) is 6.28. The second kappa shape index (κ2) is 8.64. The number of hydrogen-bond donors (Lipinski definition) is 3. The molecule has 162 valence electrons. The molecule has 0 saturated heterocycles. The predicted octanol–water partition coefficient (Wildman–Crippen LogP) is 4.10. The molecule has 2 aromatic carbocycles. The quantitative estimate of drug-likeness (QED) is 0.505. The van der Waals surface area contributed by atoms with Crippen LogP contribution < -0.4 is 16.4 Å². The number of anilines is 1. The van der Waals surface area contributed by atoms with Gasteiger partial charge in [-0.2, -0.15) is 18.3 Å². The second-order valence-corrected chi connectivity index (χ2v) is 6.71. The lowest BCUT2D eigenvalue weighted by molar-refractivity contribution is -0.141. The van der Waals surface area contributed by atoms with Gasteiger partial charge in [0.15, 0.2) is 5.69 Å². The maximum absolute atomic E-state index is 13.8. The SMILES string of the molecule is NC(=O)c1ccc(NC(=O)NCc2cc(C(F)(F)F)nn2-c2cccc(Cl)c2)cc1F. The van der Waals surface area contributed by atoms with Crippen LogP contribution in [0.15, 0.2) is 48.5 Å². The van der Waals surface area contributed by atoms with Crippen molar-refractivity contribution in [2.45, 2.75) is 12.7 Å². The molecular weight excluding hydrogens is 442 g/mol. The number of carbonyl (C=O) groups is 2. The first kappa shape index (κ1) is 22.1. The average Bonchev–Trinajstić information content (AvgIpc) is 3.11. The van der Waals surface area contributed by atoms with E-state index in [4.69, 9.17) is 17.3 Å². The summed E-state index contributed by atoms with van der Waals surface area (Å²) in [5.74, 6) is -1.90. The Kier molecular flexibility index (Phi) is 6.16. The van der Waals surface area contributed by atoms with Crippen molar-refractivity contribution in [3.8, 4) is 5.69 Å². The Bertz CT molecular complexity index is 1150. The summed E-state index contributed by atoms with van der Waals surface area (Å²) in [6, 6.07) is 9.22. The number of primary amides is 1. The van der Waals surface area contributed by atoms with Gasteiger partial charge < -0.3 is 16.4 Å². The van der Waals surface area contributed by atoms with Gasteiger partial charge in [0.2, 0.25) is 0 Å². The first-order chi connectivity index (χ1) is 14.5. The molecule has 7 nitrogen and oxygen atoms in total. The third-order valence-electron chi connectivity index (χ3n) is 4.05. The number of amides is 3. The minimum Gasteiger partial charge on any atom is -0.366 e. The van der Waals surface area contributed by atoms with Crippen LogP contribution in [0.5, 0.6) is 0 Å². The Morgan fingerprint density at radius 3 is 2.48 bits per heavy atom. The van der Waals surface area contributed by atoms with Crippen LogP contribution in [0, 0.1) is 5.82 Å². The minimum absolute atomic E-state index is 0.0133. The third-order valence-corrected chi connectivity index (χ3v) is 4.28. The molecule has 12 heteroatoms. The number of rotatable bonds is 5. The van der Waals surface area contributed by atoms with Crippen molar-refractivity contribution in [1.82, 2.24) is 15.1 Å². The van der Waals surface area contributed by atoms with Gasteiger partial charge in [-0.05, 0) is 42.5 Å². The lowest BCUT2D eigenvalue weighted by Gasteiger charge is -2.10. The van der Waals surface area contributed by atoms with Crippen LogP contribution >= 0.6 is 11.6 Å². The molecule has 0 unspecified atom stereocenters. The Morgan fingerprint density at radius 2 is 1.87 bits per heavy atom. The van der Waals surface area contributed by atoms with E-state index in [0.717, 1.165) is 22.9 Å². The number of hydrogen-bond acceptors (Lipinski definition) is 3. The van der Waals surface area contributed by atoms with Crippen LogP contribution in [0.3, 0.4) is 0 Å². The van der Waals surface area contributed by atoms with Crippen molar-refractivity contribution >= 4 is 29.2 Å². The summed E-state index contributed by atoms with van der Waals surface area (Å²) in [4.78, 5) is 23.2. The smallest absolute Gasteiger partial charge is 0.366 e. The number of carbonyl (C=O) groups excluding carboxylic acids is 2. The lowest BCUT2D eigenvalue weighted by atomic mass is 10.2. The van der Waals surface area contributed by atoms with Crippen LogP contribution in [0.4, 0.5) is 28.0 Å². The highest BCUT2D eigenvalue weighted by Gasteiger charge is 2.35. The number of benzene rings is 2. The molecular formula is C19H14ClF4N5O2. The molecule has 0 spiro atoms. The van der Waals surface area contributed by atoms with Gasteiger partial charge in [0.05, 0.1) is 23.5 Å².